The molecule has 1 amide bonds. The summed E-state index contributed by atoms with van der Waals surface area (Å²) in [5, 5.41) is 3.42. The number of aromatic nitrogens is 2. The molecule has 1 unspecified atom stereocenters. The Bertz CT molecular complexity index is 1130. The summed E-state index contributed by atoms with van der Waals surface area (Å²) in [5.74, 6) is 0.933. The molecule has 1 N–H and O–H groups in total. The number of fused-ring (bicyclic) bond motifs is 1. The lowest BCUT2D eigenvalue weighted by atomic mass is 10.2. The van der Waals surface area contributed by atoms with Gasteiger partial charge in [0.25, 0.3) is 5.56 Å². The number of benzene rings is 2. The highest BCUT2D eigenvalue weighted by Gasteiger charge is 2.20. The Kier molecular flexibility index (Phi) is 7.04. The van der Waals surface area contributed by atoms with Gasteiger partial charge in [-0.25, -0.2) is 4.98 Å². The van der Waals surface area contributed by atoms with E-state index in [9.17, 15) is 9.59 Å². The van der Waals surface area contributed by atoms with Crippen LogP contribution in [0.1, 0.15) is 13.8 Å². The quantitative estimate of drug-likeness (QED) is 0.391. The van der Waals surface area contributed by atoms with Crippen LogP contribution in [0.2, 0.25) is 0 Å². The predicted octanol–water partition coefficient (Wildman–Crippen LogP) is 4.32. The van der Waals surface area contributed by atoms with Gasteiger partial charge in [0.1, 0.15) is 11.5 Å². The first kappa shape index (κ1) is 22.2. The van der Waals surface area contributed by atoms with E-state index >= 15 is 0 Å². The van der Waals surface area contributed by atoms with Crippen LogP contribution in [0.25, 0.3) is 10.9 Å². The van der Waals surface area contributed by atoms with Gasteiger partial charge in [-0.15, -0.1) is 0 Å². The molecule has 0 saturated carbocycles. The van der Waals surface area contributed by atoms with Gasteiger partial charge in [-0.3, -0.25) is 14.2 Å². The van der Waals surface area contributed by atoms with E-state index in [-0.39, 0.29) is 11.5 Å². The summed E-state index contributed by atoms with van der Waals surface area (Å²) >= 11 is 4.63. The lowest BCUT2D eigenvalue weighted by molar-refractivity contribution is -0.115. The van der Waals surface area contributed by atoms with Crippen LogP contribution in [0, 0.1) is 0 Å². The van der Waals surface area contributed by atoms with Gasteiger partial charge in [0.05, 0.1) is 30.4 Å². The van der Waals surface area contributed by atoms with Crippen LogP contribution in [-0.2, 0) is 11.3 Å². The van der Waals surface area contributed by atoms with Crippen molar-refractivity contribution in [2.75, 3.05) is 19.5 Å². The number of hydrogen-bond donors (Lipinski definition) is 1. The molecule has 3 rings (SSSR count). The van der Waals surface area contributed by atoms with Gasteiger partial charge < -0.3 is 14.8 Å². The van der Waals surface area contributed by atoms with E-state index in [4.69, 9.17) is 9.47 Å². The number of halogens is 1. The minimum atomic E-state index is -0.486. The van der Waals surface area contributed by atoms with Crippen LogP contribution in [0.4, 0.5) is 5.69 Å². The van der Waals surface area contributed by atoms with E-state index in [1.54, 1.807) is 56.0 Å². The maximum Gasteiger partial charge on any atom is 0.262 e. The van der Waals surface area contributed by atoms with Crippen molar-refractivity contribution in [1.82, 2.24) is 9.55 Å². The van der Waals surface area contributed by atoms with Gasteiger partial charge in [-0.2, -0.15) is 0 Å². The second-order valence-corrected chi connectivity index (χ2v) is 8.68. The summed E-state index contributed by atoms with van der Waals surface area (Å²) in [6.07, 6.45) is 0. The SMILES string of the molecule is CCn1c(SC(C)C(=O)Nc2cc(OC)cc(OC)c2)nc2ccc(Br)cc2c1=O. The second-order valence-electron chi connectivity index (χ2n) is 6.46. The normalized spacial score (nSPS) is 11.9. The summed E-state index contributed by atoms with van der Waals surface area (Å²) in [6, 6.07) is 10.5. The molecule has 0 aliphatic rings. The zero-order chi connectivity index (χ0) is 21.8. The van der Waals surface area contributed by atoms with Gasteiger partial charge >= 0.3 is 0 Å². The van der Waals surface area contributed by atoms with E-state index < -0.39 is 5.25 Å². The van der Waals surface area contributed by atoms with E-state index in [0.29, 0.717) is 39.8 Å². The Morgan fingerprint density at radius 3 is 2.47 bits per heavy atom. The third-order valence-electron chi connectivity index (χ3n) is 4.47. The molecular formula is C21H22BrN3O4S. The molecule has 7 nitrogen and oxygen atoms in total. The van der Waals surface area contributed by atoms with Gasteiger partial charge in [-0.1, -0.05) is 27.7 Å². The fourth-order valence-corrected chi connectivity index (χ4v) is 4.21. The summed E-state index contributed by atoms with van der Waals surface area (Å²) in [7, 11) is 3.10. The first-order valence-corrected chi connectivity index (χ1v) is 10.9. The van der Waals surface area contributed by atoms with Gasteiger partial charge in [0.2, 0.25) is 5.91 Å². The van der Waals surface area contributed by atoms with Crippen molar-refractivity contribution < 1.29 is 14.3 Å². The van der Waals surface area contributed by atoms with E-state index in [1.807, 2.05) is 13.0 Å². The highest BCUT2D eigenvalue weighted by Crippen LogP contribution is 2.28. The average molecular weight is 492 g/mol. The molecule has 0 saturated heterocycles. The molecular weight excluding hydrogens is 470 g/mol. The van der Waals surface area contributed by atoms with Crippen molar-refractivity contribution in [3.8, 4) is 11.5 Å². The highest BCUT2D eigenvalue weighted by atomic mass is 79.9. The van der Waals surface area contributed by atoms with E-state index in [2.05, 4.69) is 26.2 Å². The third kappa shape index (κ3) is 4.79. The van der Waals surface area contributed by atoms with Crippen LogP contribution >= 0.6 is 27.7 Å². The van der Waals surface area contributed by atoms with Crippen LogP contribution in [0.5, 0.6) is 11.5 Å². The second kappa shape index (κ2) is 9.53. The Balaban J connectivity index is 1.86. The monoisotopic (exact) mass is 491 g/mol. The van der Waals surface area contributed by atoms with Crippen LogP contribution in [0.15, 0.2) is 50.8 Å². The maximum absolute atomic E-state index is 12.9. The Labute approximate surface area is 186 Å². The van der Waals surface area contributed by atoms with Crippen molar-refractivity contribution in [2.24, 2.45) is 0 Å². The smallest absolute Gasteiger partial charge is 0.262 e. The average Bonchev–Trinajstić information content (AvgIpc) is 2.74. The molecule has 3 aromatic rings. The first-order chi connectivity index (χ1) is 14.4. The van der Waals surface area contributed by atoms with Crippen molar-refractivity contribution in [2.45, 2.75) is 30.8 Å². The lowest BCUT2D eigenvalue weighted by Crippen LogP contribution is -2.26. The zero-order valence-electron chi connectivity index (χ0n) is 17.1. The molecule has 9 heteroatoms. The molecule has 0 aliphatic heterocycles. The minimum Gasteiger partial charge on any atom is -0.497 e. The highest BCUT2D eigenvalue weighted by molar-refractivity contribution is 9.10. The largest absolute Gasteiger partial charge is 0.497 e. The summed E-state index contributed by atoms with van der Waals surface area (Å²) in [6.45, 7) is 4.11. The molecule has 0 fully saturated rings. The maximum atomic E-state index is 12.9. The number of nitrogens with zero attached hydrogens (tertiary/aromatic N) is 2. The molecule has 1 aromatic heterocycles. The van der Waals surface area contributed by atoms with E-state index in [1.165, 1.54) is 11.8 Å². The number of carbonyl (C=O) groups is 1. The Morgan fingerprint density at radius 1 is 1.20 bits per heavy atom. The Hall–Kier alpha value is -2.52. The molecule has 1 atom stereocenters. The predicted molar refractivity (Wildman–Crippen MR) is 123 cm³/mol. The zero-order valence-corrected chi connectivity index (χ0v) is 19.5. The number of amides is 1. The first-order valence-electron chi connectivity index (χ1n) is 9.27. The topological polar surface area (TPSA) is 82.5 Å². The number of anilines is 1. The number of methoxy groups -OCH3 is 2. The number of carbonyl (C=O) groups excluding carboxylic acids is 1. The van der Waals surface area contributed by atoms with Crippen molar-refractivity contribution in [3.63, 3.8) is 0 Å². The van der Waals surface area contributed by atoms with Gasteiger partial charge in [-0.05, 0) is 32.0 Å². The molecule has 0 spiro atoms. The number of thioether (sulfide) groups is 1. The van der Waals surface area contributed by atoms with Crippen LogP contribution in [-0.4, -0.2) is 34.9 Å². The number of hydrogen-bond acceptors (Lipinski definition) is 6. The summed E-state index contributed by atoms with van der Waals surface area (Å²) in [5.41, 5.74) is 1.03. The summed E-state index contributed by atoms with van der Waals surface area (Å²) < 4.78 is 12.9. The fourth-order valence-electron chi connectivity index (χ4n) is 2.88. The molecule has 0 aliphatic carbocycles. The van der Waals surface area contributed by atoms with E-state index in [0.717, 1.165) is 4.47 Å². The molecule has 0 radical (unpaired) electrons. The van der Waals surface area contributed by atoms with Crippen LogP contribution in [0.3, 0.4) is 0 Å². The van der Waals surface area contributed by atoms with Gasteiger partial charge in [0, 0.05) is 34.9 Å². The van der Waals surface area contributed by atoms with Crippen molar-refractivity contribution in [1.29, 1.82) is 0 Å². The fraction of sp³-hybridized carbons (Fsp3) is 0.286. The number of nitrogens with one attached hydrogen (secondary N) is 1. The third-order valence-corrected chi connectivity index (χ3v) is 6.05. The molecule has 30 heavy (non-hydrogen) atoms. The summed E-state index contributed by atoms with van der Waals surface area (Å²) in [4.78, 5) is 30.3. The number of ether oxygens (including phenoxy) is 2. The van der Waals surface area contributed by atoms with Crippen LogP contribution < -0.4 is 20.3 Å². The number of rotatable bonds is 7. The van der Waals surface area contributed by atoms with Crippen molar-refractivity contribution in [3.05, 3.63) is 51.2 Å². The standard InChI is InChI=1S/C21H22BrN3O4S/c1-5-25-20(27)17-8-13(22)6-7-18(17)24-21(25)30-12(2)19(26)23-14-9-15(28-3)11-16(10-14)29-4/h6-12H,5H2,1-4H3,(H,23,26). The molecule has 1 heterocycles. The Morgan fingerprint density at radius 2 is 1.87 bits per heavy atom. The van der Waals surface area contributed by atoms with Gasteiger partial charge in [0.15, 0.2) is 5.16 Å². The molecule has 0 bridgehead atoms. The molecule has 2 aromatic carbocycles. The van der Waals surface area contributed by atoms with Crippen molar-refractivity contribution >= 4 is 50.2 Å². The lowest BCUT2D eigenvalue weighted by Gasteiger charge is -2.16. The minimum absolute atomic E-state index is 0.128. The molecule has 158 valence electrons.